The van der Waals surface area contributed by atoms with Crippen LogP contribution in [0.3, 0.4) is 0 Å². The molecule has 1 aromatic carbocycles. The average molecular weight is 312 g/mol. The van der Waals surface area contributed by atoms with Crippen molar-refractivity contribution in [2.24, 2.45) is 0 Å². The van der Waals surface area contributed by atoms with Gasteiger partial charge in [-0.15, -0.1) is 11.3 Å². The minimum absolute atomic E-state index is 0.0140. The van der Waals surface area contributed by atoms with Gasteiger partial charge in [0.1, 0.15) is 10.8 Å². The summed E-state index contributed by atoms with van der Waals surface area (Å²) in [6.45, 7) is 1.28. The van der Waals surface area contributed by atoms with Crippen LogP contribution in [0.25, 0.3) is 0 Å². The van der Waals surface area contributed by atoms with Crippen LogP contribution in [-0.4, -0.2) is 11.6 Å². The molecule has 0 saturated carbocycles. The van der Waals surface area contributed by atoms with E-state index in [4.69, 9.17) is 0 Å². The van der Waals surface area contributed by atoms with Gasteiger partial charge in [0.2, 0.25) is 0 Å². The third-order valence-corrected chi connectivity index (χ3v) is 4.08. The van der Waals surface area contributed by atoms with E-state index < -0.39 is 6.61 Å². The molecule has 0 radical (unpaired) electrons. The van der Waals surface area contributed by atoms with E-state index in [0.29, 0.717) is 0 Å². The summed E-state index contributed by atoms with van der Waals surface area (Å²) in [5.74, 6) is 0.179. The lowest BCUT2D eigenvalue weighted by Gasteiger charge is -2.21. The Morgan fingerprint density at radius 1 is 1.38 bits per heavy atom. The van der Waals surface area contributed by atoms with Gasteiger partial charge < -0.3 is 10.1 Å². The number of rotatable bonds is 7. The number of hydrogen-bond donors (Lipinski definition) is 1. The highest BCUT2D eigenvalue weighted by Crippen LogP contribution is 2.25. The number of alkyl halides is 2. The first-order valence-corrected chi connectivity index (χ1v) is 7.68. The van der Waals surface area contributed by atoms with Gasteiger partial charge in [0.25, 0.3) is 0 Å². The van der Waals surface area contributed by atoms with Crippen molar-refractivity contribution in [3.63, 3.8) is 0 Å². The summed E-state index contributed by atoms with van der Waals surface area (Å²) >= 11 is 1.61. The van der Waals surface area contributed by atoms with Gasteiger partial charge in [0.05, 0.1) is 6.04 Å². The highest BCUT2D eigenvalue weighted by molar-refractivity contribution is 7.09. The topological polar surface area (TPSA) is 34.1 Å². The average Bonchev–Trinajstić information content (AvgIpc) is 2.98. The summed E-state index contributed by atoms with van der Waals surface area (Å²) in [7, 11) is 0. The Balaban J connectivity index is 2.07. The summed E-state index contributed by atoms with van der Waals surface area (Å²) in [6.07, 6.45) is 2.69. The third kappa shape index (κ3) is 4.47. The fourth-order valence-electron chi connectivity index (χ4n) is 2.13. The molecule has 2 rings (SSSR count). The number of nitrogens with zero attached hydrogens (tertiary/aromatic N) is 1. The van der Waals surface area contributed by atoms with Crippen LogP contribution < -0.4 is 10.1 Å². The molecule has 2 atom stereocenters. The van der Waals surface area contributed by atoms with Crippen LogP contribution in [0.2, 0.25) is 0 Å². The molecule has 0 amide bonds. The molecule has 2 unspecified atom stereocenters. The predicted molar refractivity (Wildman–Crippen MR) is 79.8 cm³/mol. The molecule has 1 N–H and O–H groups in total. The van der Waals surface area contributed by atoms with Crippen LogP contribution in [0.4, 0.5) is 8.78 Å². The van der Waals surface area contributed by atoms with Crippen molar-refractivity contribution < 1.29 is 13.5 Å². The predicted octanol–water partition coefficient (Wildman–Crippen LogP) is 4.55. The summed E-state index contributed by atoms with van der Waals surface area (Å²) in [6, 6.07) is 6.94. The molecule has 0 aliphatic carbocycles. The van der Waals surface area contributed by atoms with Crippen LogP contribution in [0, 0.1) is 0 Å². The molecule has 0 fully saturated rings. The van der Waals surface area contributed by atoms with E-state index in [1.165, 1.54) is 6.07 Å². The van der Waals surface area contributed by atoms with Crippen molar-refractivity contribution in [2.75, 3.05) is 0 Å². The summed E-state index contributed by atoms with van der Waals surface area (Å²) < 4.78 is 29.0. The van der Waals surface area contributed by atoms with E-state index in [1.54, 1.807) is 29.7 Å². The quantitative estimate of drug-likeness (QED) is 0.814. The van der Waals surface area contributed by atoms with Crippen molar-refractivity contribution in [1.82, 2.24) is 10.3 Å². The van der Waals surface area contributed by atoms with Crippen LogP contribution in [0.1, 0.15) is 42.9 Å². The van der Waals surface area contributed by atoms with E-state index in [9.17, 15) is 8.78 Å². The van der Waals surface area contributed by atoms with Gasteiger partial charge >= 0.3 is 6.61 Å². The lowest BCUT2D eigenvalue weighted by molar-refractivity contribution is -0.0499. The van der Waals surface area contributed by atoms with Gasteiger partial charge in [-0.1, -0.05) is 19.1 Å². The molecule has 0 aliphatic rings. The number of aromatic nitrogens is 1. The van der Waals surface area contributed by atoms with Crippen LogP contribution in [-0.2, 0) is 0 Å². The first kappa shape index (κ1) is 15.9. The number of thiazole rings is 1. The first-order valence-electron chi connectivity index (χ1n) is 6.80. The summed E-state index contributed by atoms with van der Waals surface area (Å²) in [5, 5.41) is 6.45. The second kappa shape index (κ2) is 7.47. The molecule has 0 spiro atoms. The first-order chi connectivity index (χ1) is 10.1. The fourth-order valence-corrected chi connectivity index (χ4v) is 2.91. The molecule has 114 valence electrons. The van der Waals surface area contributed by atoms with Gasteiger partial charge in [-0.05, 0) is 31.0 Å². The monoisotopic (exact) mass is 312 g/mol. The third-order valence-electron chi connectivity index (χ3n) is 3.19. The summed E-state index contributed by atoms with van der Waals surface area (Å²) in [5.41, 5.74) is 0.906. The molecular formula is C15H18F2N2OS. The SMILES string of the molecule is CCC(NC(C)c1cccc(OC(F)F)c1)c1nccs1. The lowest BCUT2D eigenvalue weighted by Crippen LogP contribution is -2.24. The number of halogens is 2. The Bertz CT molecular complexity index is 548. The molecule has 6 heteroatoms. The zero-order valence-electron chi connectivity index (χ0n) is 11.9. The Labute approximate surface area is 127 Å². The minimum Gasteiger partial charge on any atom is -0.435 e. The van der Waals surface area contributed by atoms with E-state index in [1.807, 2.05) is 18.4 Å². The number of hydrogen-bond acceptors (Lipinski definition) is 4. The zero-order chi connectivity index (χ0) is 15.2. The number of benzene rings is 1. The van der Waals surface area contributed by atoms with E-state index in [-0.39, 0.29) is 17.8 Å². The lowest BCUT2D eigenvalue weighted by atomic mass is 10.1. The van der Waals surface area contributed by atoms with Gasteiger partial charge in [-0.2, -0.15) is 8.78 Å². The Morgan fingerprint density at radius 2 is 2.19 bits per heavy atom. The van der Waals surface area contributed by atoms with Crippen molar-refractivity contribution in [1.29, 1.82) is 0 Å². The fraction of sp³-hybridized carbons (Fsp3) is 0.400. The Morgan fingerprint density at radius 3 is 2.81 bits per heavy atom. The molecular weight excluding hydrogens is 294 g/mol. The molecule has 1 aromatic heterocycles. The summed E-state index contributed by atoms with van der Waals surface area (Å²) in [4.78, 5) is 4.32. The maximum absolute atomic E-state index is 12.3. The molecule has 3 nitrogen and oxygen atoms in total. The van der Waals surface area contributed by atoms with Crippen LogP contribution in [0.5, 0.6) is 5.75 Å². The second-order valence-corrected chi connectivity index (χ2v) is 5.60. The van der Waals surface area contributed by atoms with Crippen LogP contribution >= 0.6 is 11.3 Å². The zero-order valence-corrected chi connectivity index (χ0v) is 12.7. The second-order valence-electron chi connectivity index (χ2n) is 4.67. The van der Waals surface area contributed by atoms with E-state index >= 15 is 0 Å². The van der Waals surface area contributed by atoms with E-state index in [2.05, 4.69) is 22.0 Å². The standard InChI is InChI=1S/C15H18F2N2OS/c1-3-13(14-18-7-8-21-14)19-10(2)11-5-4-6-12(9-11)20-15(16)17/h4-10,13,15,19H,3H2,1-2H3. The van der Waals surface area contributed by atoms with Crippen LogP contribution in [0.15, 0.2) is 35.8 Å². The smallest absolute Gasteiger partial charge is 0.387 e. The maximum Gasteiger partial charge on any atom is 0.387 e. The van der Waals surface area contributed by atoms with E-state index in [0.717, 1.165) is 17.0 Å². The largest absolute Gasteiger partial charge is 0.435 e. The highest BCUT2D eigenvalue weighted by atomic mass is 32.1. The van der Waals surface area contributed by atoms with Gasteiger partial charge in [-0.3, -0.25) is 0 Å². The van der Waals surface area contributed by atoms with Gasteiger partial charge in [0, 0.05) is 17.6 Å². The van der Waals surface area contributed by atoms with Crippen molar-refractivity contribution in [2.45, 2.75) is 39.0 Å². The molecule has 0 saturated heterocycles. The normalized spacial score (nSPS) is 14.1. The molecule has 0 aliphatic heterocycles. The van der Waals surface area contributed by atoms with Crippen molar-refractivity contribution >= 4 is 11.3 Å². The minimum atomic E-state index is -2.80. The van der Waals surface area contributed by atoms with Gasteiger partial charge in [-0.25, -0.2) is 4.98 Å². The highest BCUT2D eigenvalue weighted by Gasteiger charge is 2.16. The Hall–Kier alpha value is -1.53. The number of nitrogens with one attached hydrogen (secondary N) is 1. The maximum atomic E-state index is 12.3. The van der Waals surface area contributed by atoms with Crippen molar-refractivity contribution in [3.8, 4) is 5.75 Å². The molecule has 21 heavy (non-hydrogen) atoms. The van der Waals surface area contributed by atoms with Crippen molar-refractivity contribution in [3.05, 3.63) is 46.4 Å². The number of ether oxygens (including phenoxy) is 1. The van der Waals surface area contributed by atoms with Gasteiger partial charge in [0.15, 0.2) is 0 Å². The molecule has 0 bridgehead atoms. The molecule has 1 heterocycles. The Kier molecular flexibility index (Phi) is 5.64. The molecule has 2 aromatic rings.